The van der Waals surface area contributed by atoms with E-state index in [1.807, 2.05) is 60.7 Å². The highest BCUT2D eigenvalue weighted by molar-refractivity contribution is 9.10. The first kappa shape index (κ1) is 22.2. The van der Waals surface area contributed by atoms with Gasteiger partial charge in [0.15, 0.2) is 11.5 Å². The van der Waals surface area contributed by atoms with Crippen molar-refractivity contribution < 1.29 is 19.1 Å². The normalized spacial score (nSPS) is 14.8. The van der Waals surface area contributed by atoms with Gasteiger partial charge in [0.05, 0.1) is 18.6 Å². The van der Waals surface area contributed by atoms with Crippen LogP contribution in [0.3, 0.4) is 0 Å². The van der Waals surface area contributed by atoms with Crippen molar-refractivity contribution in [3.8, 4) is 11.5 Å². The van der Waals surface area contributed by atoms with Gasteiger partial charge in [0.1, 0.15) is 6.61 Å². The second-order valence-electron chi connectivity index (χ2n) is 7.04. The maximum atomic E-state index is 12.9. The molecule has 0 N–H and O–H groups in total. The molecule has 7 heteroatoms. The number of halogens is 1. The van der Waals surface area contributed by atoms with Crippen LogP contribution in [0.4, 0.5) is 4.79 Å². The van der Waals surface area contributed by atoms with Crippen molar-refractivity contribution in [1.82, 2.24) is 4.90 Å². The van der Waals surface area contributed by atoms with Gasteiger partial charge in [0.25, 0.3) is 11.1 Å². The number of carbonyl (C=O) groups excluding carboxylic acids is 2. The number of amides is 2. The van der Waals surface area contributed by atoms with E-state index in [4.69, 9.17) is 9.47 Å². The average Bonchev–Trinajstić information content (AvgIpc) is 3.07. The number of ether oxygens (including phenoxy) is 2. The maximum absolute atomic E-state index is 12.9. The fraction of sp³-hybridized carbons (Fsp3) is 0.120. The molecule has 1 aliphatic heterocycles. The van der Waals surface area contributed by atoms with Crippen LogP contribution in [0.2, 0.25) is 0 Å². The van der Waals surface area contributed by atoms with Gasteiger partial charge in [0.2, 0.25) is 0 Å². The molecule has 0 radical (unpaired) electrons. The molecule has 4 rings (SSSR count). The molecule has 0 bridgehead atoms. The molecule has 0 unspecified atom stereocenters. The second-order valence-corrected chi connectivity index (χ2v) is 8.89. The highest BCUT2D eigenvalue weighted by atomic mass is 79.9. The van der Waals surface area contributed by atoms with Gasteiger partial charge in [0, 0.05) is 4.47 Å². The molecule has 1 fully saturated rings. The van der Waals surface area contributed by atoms with Crippen molar-refractivity contribution in [2.45, 2.75) is 13.2 Å². The lowest BCUT2D eigenvalue weighted by Gasteiger charge is -2.13. The summed E-state index contributed by atoms with van der Waals surface area (Å²) >= 11 is 4.40. The first-order valence-corrected chi connectivity index (χ1v) is 11.5. The Bertz CT molecular complexity index is 1180. The monoisotopic (exact) mass is 509 g/mol. The van der Waals surface area contributed by atoms with Gasteiger partial charge < -0.3 is 9.47 Å². The van der Waals surface area contributed by atoms with Crippen LogP contribution in [0.25, 0.3) is 6.08 Å². The Labute approximate surface area is 199 Å². The molecule has 1 heterocycles. The number of carbonyl (C=O) groups is 2. The third-order valence-electron chi connectivity index (χ3n) is 4.88. The third-order valence-corrected chi connectivity index (χ3v) is 6.56. The van der Waals surface area contributed by atoms with Crippen LogP contribution in [-0.4, -0.2) is 23.2 Å². The van der Waals surface area contributed by atoms with Crippen LogP contribution in [0.5, 0.6) is 11.5 Å². The number of imide groups is 1. The summed E-state index contributed by atoms with van der Waals surface area (Å²) in [5.41, 5.74) is 2.68. The number of rotatable bonds is 7. The SMILES string of the molecule is COc1cc(/C=C2/SC(=O)N(Cc3ccccc3Br)C2=O)ccc1OCc1ccccc1. The minimum Gasteiger partial charge on any atom is -0.493 e. The highest BCUT2D eigenvalue weighted by Gasteiger charge is 2.35. The van der Waals surface area contributed by atoms with E-state index in [9.17, 15) is 9.59 Å². The van der Waals surface area contributed by atoms with E-state index in [1.165, 1.54) is 4.90 Å². The summed E-state index contributed by atoms with van der Waals surface area (Å²) in [6, 6.07) is 22.8. The summed E-state index contributed by atoms with van der Waals surface area (Å²) in [5.74, 6) is 0.858. The van der Waals surface area contributed by atoms with Gasteiger partial charge in [-0.3, -0.25) is 14.5 Å². The van der Waals surface area contributed by atoms with Crippen LogP contribution in [0, 0.1) is 0 Å². The summed E-state index contributed by atoms with van der Waals surface area (Å²) in [6.45, 7) is 0.642. The van der Waals surface area contributed by atoms with E-state index >= 15 is 0 Å². The largest absolute Gasteiger partial charge is 0.493 e. The molecule has 3 aromatic rings. The van der Waals surface area contributed by atoms with Gasteiger partial charge in [-0.2, -0.15) is 0 Å². The second kappa shape index (κ2) is 10.1. The van der Waals surface area contributed by atoms with Crippen LogP contribution < -0.4 is 9.47 Å². The molecule has 3 aromatic carbocycles. The molecule has 0 spiro atoms. The number of hydrogen-bond donors (Lipinski definition) is 0. The van der Waals surface area contributed by atoms with Gasteiger partial charge in [-0.15, -0.1) is 0 Å². The van der Waals surface area contributed by atoms with E-state index in [0.717, 1.165) is 32.9 Å². The first-order valence-electron chi connectivity index (χ1n) is 9.88. The van der Waals surface area contributed by atoms with E-state index in [2.05, 4.69) is 15.9 Å². The molecule has 2 amide bonds. The average molecular weight is 510 g/mol. The summed E-state index contributed by atoms with van der Waals surface area (Å²) in [4.78, 5) is 27.0. The zero-order valence-electron chi connectivity index (χ0n) is 17.3. The summed E-state index contributed by atoms with van der Waals surface area (Å²) in [6.07, 6.45) is 1.70. The molecule has 32 heavy (non-hydrogen) atoms. The van der Waals surface area contributed by atoms with E-state index in [1.54, 1.807) is 25.3 Å². The predicted octanol–water partition coefficient (Wildman–Crippen LogP) is 6.27. The van der Waals surface area contributed by atoms with Crippen LogP contribution in [-0.2, 0) is 17.9 Å². The Morgan fingerprint density at radius 1 is 0.969 bits per heavy atom. The number of nitrogens with zero attached hydrogens (tertiary/aromatic N) is 1. The Balaban J connectivity index is 1.50. The topological polar surface area (TPSA) is 55.8 Å². The molecule has 0 aromatic heterocycles. The number of methoxy groups -OCH3 is 1. The molecule has 0 saturated carbocycles. The fourth-order valence-corrected chi connectivity index (χ4v) is 4.46. The van der Waals surface area contributed by atoms with Crippen molar-refractivity contribution in [3.63, 3.8) is 0 Å². The molecule has 1 saturated heterocycles. The number of hydrogen-bond acceptors (Lipinski definition) is 5. The minimum absolute atomic E-state index is 0.221. The summed E-state index contributed by atoms with van der Waals surface area (Å²) in [5, 5.41) is -0.285. The maximum Gasteiger partial charge on any atom is 0.293 e. The smallest absolute Gasteiger partial charge is 0.293 e. The van der Waals surface area contributed by atoms with E-state index < -0.39 is 0 Å². The third kappa shape index (κ3) is 5.06. The molecule has 5 nitrogen and oxygen atoms in total. The minimum atomic E-state index is -0.306. The van der Waals surface area contributed by atoms with Crippen molar-refractivity contribution in [2.75, 3.05) is 7.11 Å². The van der Waals surface area contributed by atoms with Gasteiger partial charge in [-0.1, -0.05) is 70.5 Å². The first-order chi connectivity index (χ1) is 15.5. The Kier molecular flexibility index (Phi) is 6.97. The van der Waals surface area contributed by atoms with Gasteiger partial charge in [-0.05, 0) is 52.7 Å². The van der Waals surface area contributed by atoms with Crippen molar-refractivity contribution >= 4 is 44.9 Å². The van der Waals surface area contributed by atoms with Gasteiger partial charge in [-0.25, -0.2) is 0 Å². The lowest BCUT2D eigenvalue weighted by atomic mass is 10.1. The molecular formula is C25H20BrNO4S. The Morgan fingerprint density at radius 2 is 1.72 bits per heavy atom. The Morgan fingerprint density at radius 3 is 2.47 bits per heavy atom. The van der Waals surface area contributed by atoms with E-state index in [0.29, 0.717) is 23.0 Å². The molecule has 0 atom stereocenters. The predicted molar refractivity (Wildman–Crippen MR) is 129 cm³/mol. The quantitative estimate of drug-likeness (QED) is 0.351. The fourth-order valence-electron chi connectivity index (χ4n) is 3.21. The summed E-state index contributed by atoms with van der Waals surface area (Å²) in [7, 11) is 1.57. The molecule has 1 aliphatic rings. The zero-order valence-corrected chi connectivity index (χ0v) is 19.7. The summed E-state index contributed by atoms with van der Waals surface area (Å²) < 4.78 is 12.2. The Hall–Kier alpha value is -3.03. The lowest BCUT2D eigenvalue weighted by molar-refractivity contribution is -0.123. The molecule has 162 valence electrons. The van der Waals surface area contributed by atoms with Crippen molar-refractivity contribution in [1.29, 1.82) is 0 Å². The number of thioether (sulfide) groups is 1. The number of benzene rings is 3. The lowest BCUT2D eigenvalue weighted by Crippen LogP contribution is -2.27. The highest BCUT2D eigenvalue weighted by Crippen LogP contribution is 2.36. The standard InChI is InChI=1S/C25H20BrNO4S/c1-30-22-13-18(11-12-21(22)31-16-17-7-3-2-4-8-17)14-23-24(28)27(25(29)32-23)15-19-9-5-6-10-20(19)26/h2-14H,15-16H2,1H3/b23-14+. The molecular weight excluding hydrogens is 490 g/mol. The van der Waals surface area contributed by atoms with Gasteiger partial charge >= 0.3 is 0 Å². The van der Waals surface area contributed by atoms with Crippen LogP contribution in [0.15, 0.2) is 82.2 Å². The zero-order chi connectivity index (χ0) is 22.5. The van der Waals surface area contributed by atoms with Crippen LogP contribution >= 0.6 is 27.7 Å². The van der Waals surface area contributed by atoms with Crippen molar-refractivity contribution in [2.24, 2.45) is 0 Å². The molecule has 0 aliphatic carbocycles. The van der Waals surface area contributed by atoms with E-state index in [-0.39, 0.29) is 17.7 Å². The van der Waals surface area contributed by atoms with Crippen molar-refractivity contribution in [3.05, 3.63) is 98.9 Å². The van der Waals surface area contributed by atoms with Crippen LogP contribution in [0.1, 0.15) is 16.7 Å².